The monoisotopic (exact) mass is 432 g/mol. The van der Waals surface area contributed by atoms with Crippen LogP contribution in [0.5, 0.6) is 0 Å². The first-order valence-electron chi connectivity index (χ1n) is 11.0. The second-order valence-corrected chi connectivity index (χ2v) is 9.58. The summed E-state index contributed by atoms with van der Waals surface area (Å²) in [5, 5.41) is 13.2. The van der Waals surface area contributed by atoms with Crippen molar-refractivity contribution in [3.05, 3.63) is 16.0 Å². The summed E-state index contributed by atoms with van der Waals surface area (Å²) in [5.74, 6) is 0.272. The molecule has 1 saturated heterocycles. The molecule has 1 aromatic heterocycles. The zero-order valence-corrected chi connectivity index (χ0v) is 18.9. The molecule has 2 amide bonds. The van der Waals surface area contributed by atoms with E-state index in [0.29, 0.717) is 49.1 Å². The number of carbonyl (C=O) groups excluding carboxylic acids is 2. The third-order valence-electron chi connectivity index (χ3n) is 5.58. The number of rotatable bonds is 6. The Hall–Kier alpha value is -2.11. The number of nitrogens with zero attached hydrogens (tertiary/aromatic N) is 3. The average molecular weight is 433 g/mol. The lowest BCUT2D eigenvalue weighted by atomic mass is 9.96. The Morgan fingerprint density at radius 1 is 1.17 bits per heavy atom. The van der Waals surface area contributed by atoms with Gasteiger partial charge in [0.15, 0.2) is 0 Å². The van der Waals surface area contributed by atoms with Gasteiger partial charge in [0.2, 0.25) is 5.91 Å². The van der Waals surface area contributed by atoms with Crippen LogP contribution in [0.4, 0.5) is 9.80 Å². The van der Waals surface area contributed by atoms with E-state index < -0.39 is 0 Å². The summed E-state index contributed by atoms with van der Waals surface area (Å²) >= 11 is 1.56. The molecular formula is C22H32N4O3S. The highest BCUT2D eigenvalue weighted by Crippen LogP contribution is 2.37. The van der Waals surface area contributed by atoms with Crippen LogP contribution >= 0.6 is 11.3 Å². The molecule has 0 bridgehead atoms. The molecule has 1 N–H and O–H groups in total. The number of carbonyl (C=O) groups is 2. The van der Waals surface area contributed by atoms with Crippen molar-refractivity contribution < 1.29 is 14.3 Å². The second-order valence-electron chi connectivity index (χ2n) is 8.48. The Morgan fingerprint density at radius 3 is 2.73 bits per heavy atom. The van der Waals surface area contributed by atoms with E-state index in [0.717, 1.165) is 50.8 Å². The fraction of sp³-hybridized carbons (Fsp3) is 0.682. The zero-order valence-electron chi connectivity index (χ0n) is 18.0. The largest absolute Gasteiger partial charge is 0.449 e. The van der Waals surface area contributed by atoms with Gasteiger partial charge in [-0.3, -0.25) is 4.79 Å². The number of anilines is 1. The van der Waals surface area contributed by atoms with Crippen LogP contribution in [0.15, 0.2) is 0 Å². The van der Waals surface area contributed by atoms with Crippen LogP contribution in [-0.2, 0) is 22.4 Å². The fourth-order valence-electron chi connectivity index (χ4n) is 3.93. The third kappa shape index (κ3) is 5.96. The first-order valence-corrected chi connectivity index (χ1v) is 11.8. The molecule has 8 heteroatoms. The fourth-order valence-corrected chi connectivity index (χ4v) is 5.18. The summed E-state index contributed by atoms with van der Waals surface area (Å²) in [4.78, 5) is 29.9. The van der Waals surface area contributed by atoms with Gasteiger partial charge in [-0.1, -0.05) is 13.8 Å². The number of fused-ring (bicyclic) bond motifs is 1. The van der Waals surface area contributed by atoms with E-state index in [9.17, 15) is 14.9 Å². The lowest BCUT2D eigenvalue weighted by molar-refractivity contribution is -0.116. The topological polar surface area (TPSA) is 85.7 Å². The van der Waals surface area contributed by atoms with Crippen LogP contribution in [0.25, 0.3) is 0 Å². The molecule has 1 aliphatic heterocycles. The molecule has 164 valence electrons. The average Bonchev–Trinajstić information content (AvgIpc) is 2.90. The lowest BCUT2D eigenvalue weighted by Gasteiger charge is -2.22. The summed E-state index contributed by atoms with van der Waals surface area (Å²) in [7, 11) is 0. The van der Waals surface area contributed by atoms with Gasteiger partial charge in [0.05, 0.1) is 12.2 Å². The van der Waals surface area contributed by atoms with Gasteiger partial charge in [-0.25, -0.2) is 4.79 Å². The predicted octanol–water partition coefficient (Wildman–Crippen LogP) is 3.63. The van der Waals surface area contributed by atoms with Crippen molar-refractivity contribution in [3.8, 4) is 6.07 Å². The van der Waals surface area contributed by atoms with E-state index in [1.165, 1.54) is 4.88 Å². The molecule has 0 aromatic carbocycles. The number of ether oxygens (including phenoxy) is 1. The maximum Gasteiger partial charge on any atom is 0.409 e. The molecule has 1 aromatic rings. The minimum absolute atomic E-state index is 0.0532. The van der Waals surface area contributed by atoms with Gasteiger partial charge in [0.1, 0.15) is 11.1 Å². The highest BCUT2D eigenvalue weighted by atomic mass is 32.1. The van der Waals surface area contributed by atoms with Crippen LogP contribution < -0.4 is 5.32 Å². The molecule has 1 fully saturated rings. The van der Waals surface area contributed by atoms with Gasteiger partial charge in [-0.15, -0.1) is 11.3 Å². The van der Waals surface area contributed by atoms with Crippen LogP contribution in [0.1, 0.15) is 55.5 Å². The molecule has 1 aliphatic carbocycles. The number of hydrogen-bond donors (Lipinski definition) is 1. The van der Waals surface area contributed by atoms with Crippen molar-refractivity contribution >= 4 is 28.3 Å². The summed E-state index contributed by atoms with van der Waals surface area (Å²) in [6.07, 6.45) is 5.22. The summed E-state index contributed by atoms with van der Waals surface area (Å²) in [6.45, 7) is 8.03. The van der Waals surface area contributed by atoms with Crippen molar-refractivity contribution in [2.24, 2.45) is 5.92 Å². The molecule has 2 aliphatic rings. The van der Waals surface area contributed by atoms with Gasteiger partial charge < -0.3 is 19.9 Å². The second kappa shape index (κ2) is 10.8. The number of aryl methyl sites for hydroxylation is 1. The third-order valence-corrected chi connectivity index (χ3v) is 6.79. The van der Waals surface area contributed by atoms with Crippen LogP contribution in [0.3, 0.4) is 0 Å². The van der Waals surface area contributed by atoms with E-state index in [1.807, 2.05) is 13.8 Å². The number of nitrogens with one attached hydrogen (secondary N) is 1. The standard InChI is InChI=1S/C22H32N4O3S/c1-16(2)15-29-22(28)26-10-5-9-25(12-13-26)11-8-20(27)24-21-18(14-23)17-6-3-4-7-19(17)30-21/h16H,3-13,15H2,1-2H3,(H,24,27). The SMILES string of the molecule is CC(C)COC(=O)N1CCCN(CCC(=O)Nc2sc3c(c2C#N)CCCC3)CC1. The lowest BCUT2D eigenvalue weighted by Crippen LogP contribution is -2.36. The molecule has 7 nitrogen and oxygen atoms in total. The Kier molecular flexibility index (Phi) is 8.11. The number of thiophene rings is 1. The van der Waals surface area contributed by atoms with E-state index >= 15 is 0 Å². The summed E-state index contributed by atoms with van der Waals surface area (Å²) < 4.78 is 5.33. The van der Waals surface area contributed by atoms with Crippen LogP contribution in [0.2, 0.25) is 0 Å². The molecule has 0 saturated carbocycles. The number of nitriles is 1. The maximum atomic E-state index is 12.5. The molecule has 2 heterocycles. The highest BCUT2D eigenvalue weighted by Gasteiger charge is 2.23. The van der Waals surface area contributed by atoms with E-state index in [2.05, 4.69) is 16.3 Å². The smallest absolute Gasteiger partial charge is 0.409 e. The van der Waals surface area contributed by atoms with Gasteiger partial charge in [0, 0.05) is 37.5 Å². The molecule has 0 atom stereocenters. The first-order chi connectivity index (χ1) is 14.5. The maximum absolute atomic E-state index is 12.5. The molecule has 0 radical (unpaired) electrons. The van der Waals surface area contributed by atoms with E-state index in [-0.39, 0.29) is 12.0 Å². The normalized spacial score (nSPS) is 17.2. The Bertz CT molecular complexity index is 799. The van der Waals surface area contributed by atoms with E-state index in [1.54, 1.807) is 16.2 Å². The van der Waals surface area contributed by atoms with E-state index in [4.69, 9.17) is 4.74 Å². The van der Waals surface area contributed by atoms with Gasteiger partial charge in [-0.05, 0) is 50.1 Å². The summed E-state index contributed by atoms with van der Waals surface area (Å²) in [5.41, 5.74) is 1.80. The first kappa shape index (κ1) is 22.6. The van der Waals surface area contributed by atoms with Crippen LogP contribution in [0, 0.1) is 17.2 Å². The minimum Gasteiger partial charge on any atom is -0.449 e. The number of hydrogen-bond acceptors (Lipinski definition) is 6. The van der Waals surface area contributed by atoms with Gasteiger partial charge >= 0.3 is 6.09 Å². The molecular weight excluding hydrogens is 400 g/mol. The van der Waals surface area contributed by atoms with Crippen molar-refractivity contribution in [3.63, 3.8) is 0 Å². The molecule has 0 spiro atoms. The predicted molar refractivity (Wildman–Crippen MR) is 118 cm³/mol. The molecule has 3 rings (SSSR count). The minimum atomic E-state index is -0.242. The molecule has 30 heavy (non-hydrogen) atoms. The van der Waals surface area contributed by atoms with Crippen molar-refractivity contribution in [2.75, 3.05) is 44.6 Å². The van der Waals surface area contributed by atoms with Crippen molar-refractivity contribution in [1.29, 1.82) is 5.26 Å². The highest BCUT2D eigenvalue weighted by molar-refractivity contribution is 7.16. The quantitative estimate of drug-likeness (QED) is 0.742. The Labute approximate surface area is 183 Å². The van der Waals surface area contributed by atoms with Crippen molar-refractivity contribution in [2.45, 2.75) is 52.4 Å². The zero-order chi connectivity index (χ0) is 21.5. The van der Waals surface area contributed by atoms with Crippen molar-refractivity contribution in [1.82, 2.24) is 9.80 Å². The van der Waals surface area contributed by atoms with Gasteiger partial charge in [-0.2, -0.15) is 5.26 Å². The Balaban J connectivity index is 1.46. The Morgan fingerprint density at radius 2 is 1.97 bits per heavy atom. The summed E-state index contributed by atoms with van der Waals surface area (Å²) in [6, 6.07) is 2.29. The van der Waals surface area contributed by atoms with Crippen LogP contribution in [-0.4, -0.2) is 61.1 Å². The molecule has 0 unspecified atom stereocenters. The van der Waals surface area contributed by atoms with Gasteiger partial charge in [0.25, 0.3) is 0 Å². The number of amides is 2.